The van der Waals surface area contributed by atoms with Crippen molar-refractivity contribution >= 4 is 52.5 Å². The molecule has 3 aromatic carbocycles. The molecule has 0 bridgehead atoms. The second-order valence-corrected chi connectivity index (χ2v) is 13.6. The molecule has 4 aliphatic rings. The number of anilines is 2. The van der Waals surface area contributed by atoms with Gasteiger partial charge in [0.1, 0.15) is 6.04 Å². The first kappa shape index (κ1) is 28.9. The number of benzene rings is 3. The number of halogens is 1. The van der Waals surface area contributed by atoms with Crippen molar-refractivity contribution in [2.45, 2.75) is 28.5 Å². The molecular formula is C35H32ClN3O4S. The van der Waals surface area contributed by atoms with Crippen LogP contribution in [-0.4, -0.2) is 69.5 Å². The number of fused-ring (bicyclic) bond motifs is 2. The topological polar surface area (TPSA) is 81.2 Å². The molecule has 1 N–H and O–H groups in total. The van der Waals surface area contributed by atoms with Crippen LogP contribution < -0.4 is 9.80 Å². The van der Waals surface area contributed by atoms with Crippen molar-refractivity contribution in [3.63, 3.8) is 0 Å². The zero-order valence-electron chi connectivity index (χ0n) is 23.9. The molecule has 0 aromatic heterocycles. The van der Waals surface area contributed by atoms with E-state index in [2.05, 4.69) is 0 Å². The Balaban J connectivity index is 1.34. The van der Waals surface area contributed by atoms with Gasteiger partial charge in [0.25, 0.3) is 5.91 Å². The summed E-state index contributed by atoms with van der Waals surface area (Å²) in [6, 6.07) is 24.7. The molecule has 7 rings (SSSR count). The third-order valence-corrected chi connectivity index (χ3v) is 11.2. The largest absolute Gasteiger partial charge is 0.394 e. The molecule has 6 atom stereocenters. The lowest BCUT2D eigenvalue weighted by atomic mass is 9.78. The Hall–Kier alpha value is -3.85. The van der Waals surface area contributed by atoms with E-state index in [9.17, 15) is 19.5 Å². The number of aliphatic hydroxyl groups excluding tert-OH is 1. The Morgan fingerprint density at radius 1 is 0.818 bits per heavy atom. The quantitative estimate of drug-likeness (QED) is 0.400. The first-order valence-electron chi connectivity index (χ1n) is 14.9. The summed E-state index contributed by atoms with van der Waals surface area (Å²) >= 11 is 7.70. The van der Waals surface area contributed by atoms with E-state index in [4.69, 9.17) is 11.6 Å². The molecule has 0 saturated carbocycles. The molecule has 44 heavy (non-hydrogen) atoms. The Morgan fingerprint density at radius 2 is 1.45 bits per heavy atom. The minimum absolute atomic E-state index is 0.127. The number of amides is 3. The van der Waals surface area contributed by atoms with Gasteiger partial charge in [-0.2, -0.15) is 0 Å². The number of aliphatic hydroxyl groups is 1. The molecule has 1 unspecified atom stereocenters. The zero-order valence-corrected chi connectivity index (χ0v) is 25.5. The van der Waals surface area contributed by atoms with E-state index in [0.717, 1.165) is 11.3 Å². The van der Waals surface area contributed by atoms with Gasteiger partial charge in [-0.15, -0.1) is 11.8 Å². The zero-order chi connectivity index (χ0) is 30.4. The number of rotatable bonds is 6. The highest BCUT2D eigenvalue weighted by Crippen LogP contribution is 2.61. The summed E-state index contributed by atoms with van der Waals surface area (Å²) < 4.78 is -0.992. The first-order chi connectivity index (χ1) is 21.4. The van der Waals surface area contributed by atoms with Crippen LogP contribution in [0, 0.1) is 11.8 Å². The minimum atomic E-state index is -0.992. The molecule has 4 heterocycles. The van der Waals surface area contributed by atoms with Gasteiger partial charge >= 0.3 is 0 Å². The van der Waals surface area contributed by atoms with Gasteiger partial charge in [0.05, 0.1) is 29.2 Å². The summed E-state index contributed by atoms with van der Waals surface area (Å²) in [5, 5.41) is 11.0. The summed E-state index contributed by atoms with van der Waals surface area (Å²) in [6.45, 7) is 0.399. The highest BCUT2D eigenvalue weighted by atomic mass is 35.5. The fourth-order valence-electron chi connectivity index (χ4n) is 7.30. The van der Waals surface area contributed by atoms with Gasteiger partial charge < -0.3 is 19.8 Å². The fraction of sp³-hybridized carbons (Fsp3) is 0.286. The normalized spacial score (nSPS) is 28.4. The van der Waals surface area contributed by atoms with Crippen LogP contribution in [0.25, 0.3) is 0 Å². The van der Waals surface area contributed by atoms with Crippen molar-refractivity contribution in [3.8, 4) is 0 Å². The molecule has 2 fully saturated rings. The number of para-hydroxylation sites is 1. The van der Waals surface area contributed by atoms with Gasteiger partial charge in [0.15, 0.2) is 0 Å². The molecule has 3 aromatic rings. The van der Waals surface area contributed by atoms with Crippen LogP contribution in [0.3, 0.4) is 0 Å². The van der Waals surface area contributed by atoms with Crippen LogP contribution in [0.4, 0.5) is 11.4 Å². The SMILES string of the molecule is O=C1C2N([C@@H](CO)Cc3ccccc3)C(=O)[C@@H]3[C@H]4C(=O)N(c5ccccc5)CC=C[C@H]4S[C@]23C=CCN1c1ccc(Cl)cc1. The predicted molar refractivity (Wildman–Crippen MR) is 174 cm³/mol. The van der Waals surface area contributed by atoms with Crippen molar-refractivity contribution < 1.29 is 19.5 Å². The maximum absolute atomic E-state index is 14.8. The van der Waals surface area contributed by atoms with Crippen molar-refractivity contribution in [1.82, 2.24) is 4.90 Å². The van der Waals surface area contributed by atoms with Gasteiger partial charge in [0, 0.05) is 34.7 Å². The lowest BCUT2D eigenvalue weighted by molar-refractivity contribution is -0.141. The number of carbonyl (C=O) groups is 3. The molecule has 4 aliphatic heterocycles. The van der Waals surface area contributed by atoms with E-state index in [1.807, 2.05) is 85.0 Å². The highest BCUT2D eigenvalue weighted by molar-refractivity contribution is 8.02. The van der Waals surface area contributed by atoms with Gasteiger partial charge in [-0.05, 0) is 48.4 Å². The number of thioether (sulfide) groups is 1. The summed E-state index contributed by atoms with van der Waals surface area (Å²) in [7, 11) is 0. The smallest absolute Gasteiger partial charge is 0.251 e. The van der Waals surface area contributed by atoms with E-state index >= 15 is 0 Å². The van der Waals surface area contributed by atoms with Crippen LogP contribution in [0.2, 0.25) is 5.02 Å². The molecular weight excluding hydrogens is 594 g/mol. The number of likely N-dealkylation sites (tertiary alicyclic amines) is 1. The number of hydrogen-bond donors (Lipinski definition) is 1. The summed E-state index contributed by atoms with van der Waals surface area (Å²) in [5.41, 5.74) is 2.39. The standard InChI is InChI=1S/C35H32ClN3O4S/c36-24-14-16-26(17-15-24)38-20-8-18-35-30(29-28(44-35)13-7-19-37(32(29)41)25-11-5-2-6-12-25)33(42)39(31(35)34(38)43)27(22-40)21-23-9-3-1-4-10-23/h1-18,27-31,40H,19-22H2/t27-,28-,29+,30+,31?,35+/m1/s1. The van der Waals surface area contributed by atoms with Crippen molar-refractivity contribution in [2.24, 2.45) is 11.8 Å². The van der Waals surface area contributed by atoms with Crippen LogP contribution in [0.1, 0.15) is 5.56 Å². The fourth-order valence-corrected chi connectivity index (χ4v) is 9.42. The van der Waals surface area contributed by atoms with E-state index in [1.54, 1.807) is 39.0 Å². The molecule has 9 heteroatoms. The maximum atomic E-state index is 14.8. The van der Waals surface area contributed by atoms with E-state index in [1.165, 1.54) is 11.8 Å². The number of nitrogens with zero attached hydrogens (tertiary/aromatic N) is 3. The Morgan fingerprint density at radius 3 is 2.16 bits per heavy atom. The molecule has 1 spiro atoms. The number of carbonyl (C=O) groups excluding carboxylic acids is 3. The number of hydrogen-bond acceptors (Lipinski definition) is 5. The summed E-state index contributed by atoms with van der Waals surface area (Å²) in [5.74, 6) is -2.08. The minimum Gasteiger partial charge on any atom is -0.394 e. The lowest BCUT2D eigenvalue weighted by Crippen LogP contribution is -2.57. The second-order valence-electron chi connectivity index (χ2n) is 11.7. The van der Waals surface area contributed by atoms with E-state index in [-0.39, 0.29) is 29.6 Å². The Bertz CT molecular complexity index is 1630. The molecule has 0 aliphatic carbocycles. The van der Waals surface area contributed by atoms with Crippen molar-refractivity contribution in [1.29, 1.82) is 0 Å². The third kappa shape index (κ3) is 4.67. The van der Waals surface area contributed by atoms with Gasteiger partial charge in [0.2, 0.25) is 11.8 Å². The third-order valence-electron chi connectivity index (χ3n) is 9.22. The van der Waals surface area contributed by atoms with Crippen molar-refractivity contribution in [3.05, 3.63) is 120 Å². The van der Waals surface area contributed by atoms with Crippen LogP contribution >= 0.6 is 23.4 Å². The van der Waals surface area contributed by atoms with E-state index in [0.29, 0.717) is 30.2 Å². The Kier molecular flexibility index (Phi) is 7.60. The van der Waals surface area contributed by atoms with Crippen LogP contribution in [0.5, 0.6) is 0 Å². The average molecular weight is 626 g/mol. The van der Waals surface area contributed by atoms with Crippen molar-refractivity contribution in [2.75, 3.05) is 29.5 Å². The van der Waals surface area contributed by atoms with Gasteiger partial charge in [-0.25, -0.2) is 0 Å². The first-order valence-corrected chi connectivity index (χ1v) is 16.1. The second kappa shape index (κ2) is 11.6. The molecule has 3 amide bonds. The molecule has 2 saturated heterocycles. The summed E-state index contributed by atoms with van der Waals surface area (Å²) in [4.78, 5) is 49.0. The maximum Gasteiger partial charge on any atom is 0.251 e. The molecule has 224 valence electrons. The average Bonchev–Trinajstić information content (AvgIpc) is 3.36. The summed E-state index contributed by atoms with van der Waals surface area (Å²) in [6.07, 6.45) is 8.35. The molecule has 0 radical (unpaired) electrons. The van der Waals surface area contributed by atoms with Gasteiger partial charge in [-0.1, -0.05) is 84.4 Å². The molecule has 7 nitrogen and oxygen atoms in total. The van der Waals surface area contributed by atoms with Crippen LogP contribution in [-0.2, 0) is 20.8 Å². The lowest BCUT2D eigenvalue weighted by Gasteiger charge is -2.38. The predicted octanol–water partition coefficient (Wildman–Crippen LogP) is 4.75. The highest BCUT2D eigenvalue weighted by Gasteiger charge is 2.71. The van der Waals surface area contributed by atoms with Crippen LogP contribution in [0.15, 0.2) is 109 Å². The van der Waals surface area contributed by atoms with Gasteiger partial charge in [-0.3, -0.25) is 14.4 Å². The van der Waals surface area contributed by atoms with E-state index < -0.39 is 28.7 Å². The monoisotopic (exact) mass is 625 g/mol. The Labute approximate surface area is 265 Å².